The fourth-order valence-electron chi connectivity index (χ4n) is 7.06. The Morgan fingerprint density at radius 3 is 2.66 bits per heavy atom. The SMILES string of the molecule is CC#CC1(O)CCC2C3CCC4=CC(=O)CCC4=C3C(c3ccccc3)CC21C. The molecule has 0 saturated heterocycles. The van der Waals surface area contributed by atoms with Gasteiger partial charge in [0.2, 0.25) is 0 Å². The van der Waals surface area contributed by atoms with Gasteiger partial charge >= 0.3 is 0 Å². The lowest BCUT2D eigenvalue weighted by atomic mass is 9.51. The predicted molar refractivity (Wildman–Crippen MR) is 115 cm³/mol. The van der Waals surface area contributed by atoms with Gasteiger partial charge in [-0.05, 0) is 80.1 Å². The fourth-order valence-corrected chi connectivity index (χ4v) is 7.06. The third-order valence-electron chi connectivity index (χ3n) is 8.42. The summed E-state index contributed by atoms with van der Waals surface area (Å²) in [7, 11) is 0. The number of benzene rings is 1. The maximum absolute atomic E-state index is 12.1. The number of hydrogen-bond acceptors (Lipinski definition) is 2. The normalized spacial score (nSPS) is 38.4. The van der Waals surface area contributed by atoms with E-state index in [1.54, 1.807) is 5.57 Å². The number of carbonyl (C=O) groups is 1. The first-order valence-electron chi connectivity index (χ1n) is 11.1. The van der Waals surface area contributed by atoms with Crippen LogP contribution in [0.5, 0.6) is 0 Å². The molecule has 1 aromatic carbocycles. The summed E-state index contributed by atoms with van der Waals surface area (Å²) in [6, 6.07) is 10.8. The molecule has 0 aromatic heterocycles. The number of fused-ring (bicyclic) bond motifs is 4. The Morgan fingerprint density at radius 2 is 1.90 bits per heavy atom. The highest BCUT2D eigenvalue weighted by molar-refractivity contribution is 5.93. The van der Waals surface area contributed by atoms with Gasteiger partial charge in [-0.1, -0.05) is 48.7 Å². The zero-order chi connectivity index (χ0) is 20.2. The molecule has 2 heteroatoms. The summed E-state index contributed by atoms with van der Waals surface area (Å²) in [5, 5.41) is 11.6. The third-order valence-corrected chi connectivity index (χ3v) is 8.42. The summed E-state index contributed by atoms with van der Waals surface area (Å²) in [5.41, 5.74) is 4.59. The van der Waals surface area contributed by atoms with Crippen molar-refractivity contribution in [3.63, 3.8) is 0 Å². The van der Waals surface area contributed by atoms with E-state index >= 15 is 0 Å². The standard InChI is InChI=1S/C27H30O2/c1-3-14-27(29)15-13-24-22-11-9-19-16-20(28)10-12-21(19)25(22)23(17-26(24,27)2)18-7-5-4-6-8-18/h4-8,16,22-24,29H,9-13,15,17H2,1-2H3. The first kappa shape index (κ1) is 18.9. The van der Waals surface area contributed by atoms with Crippen LogP contribution in [0.3, 0.4) is 0 Å². The molecule has 0 radical (unpaired) electrons. The summed E-state index contributed by atoms with van der Waals surface area (Å²) < 4.78 is 0. The lowest BCUT2D eigenvalue weighted by Crippen LogP contribution is -2.51. The van der Waals surface area contributed by atoms with Crippen LogP contribution >= 0.6 is 0 Å². The first-order chi connectivity index (χ1) is 14.0. The van der Waals surface area contributed by atoms with Crippen LogP contribution in [0.2, 0.25) is 0 Å². The van der Waals surface area contributed by atoms with Crippen molar-refractivity contribution in [3.8, 4) is 11.8 Å². The second-order valence-electron chi connectivity index (χ2n) is 9.68. The predicted octanol–water partition coefficient (Wildman–Crippen LogP) is 5.34. The number of hydrogen-bond donors (Lipinski definition) is 1. The third kappa shape index (κ3) is 2.71. The molecule has 0 spiro atoms. The van der Waals surface area contributed by atoms with Gasteiger partial charge in [-0.15, -0.1) is 5.92 Å². The number of aliphatic hydroxyl groups is 1. The smallest absolute Gasteiger partial charge is 0.156 e. The molecule has 2 fully saturated rings. The molecule has 4 aliphatic carbocycles. The van der Waals surface area contributed by atoms with Crippen LogP contribution < -0.4 is 0 Å². The van der Waals surface area contributed by atoms with E-state index < -0.39 is 5.60 Å². The molecule has 5 rings (SSSR count). The minimum atomic E-state index is -0.895. The molecule has 0 aliphatic heterocycles. The summed E-state index contributed by atoms with van der Waals surface area (Å²) in [6.07, 6.45) is 8.30. The Morgan fingerprint density at radius 1 is 1.10 bits per heavy atom. The second kappa shape index (κ2) is 6.71. The average molecular weight is 387 g/mol. The van der Waals surface area contributed by atoms with Crippen molar-refractivity contribution < 1.29 is 9.90 Å². The van der Waals surface area contributed by atoms with Gasteiger partial charge in [-0.3, -0.25) is 4.79 Å². The zero-order valence-corrected chi connectivity index (χ0v) is 17.5. The van der Waals surface area contributed by atoms with Gasteiger partial charge < -0.3 is 5.11 Å². The largest absolute Gasteiger partial charge is 0.377 e. The van der Waals surface area contributed by atoms with Gasteiger partial charge in [0.15, 0.2) is 5.78 Å². The van der Waals surface area contributed by atoms with Crippen molar-refractivity contribution in [2.45, 2.75) is 70.3 Å². The number of allylic oxidation sites excluding steroid dienone is 4. The molecular formula is C27H30O2. The van der Waals surface area contributed by atoms with Crippen molar-refractivity contribution >= 4 is 5.78 Å². The summed E-state index contributed by atoms with van der Waals surface area (Å²) >= 11 is 0. The van der Waals surface area contributed by atoms with E-state index in [4.69, 9.17) is 0 Å². The van der Waals surface area contributed by atoms with Crippen LogP contribution in [-0.4, -0.2) is 16.5 Å². The summed E-state index contributed by atoms with van der Waals surface area (Å²) in [6.45, 7) is 4.14. The summed E-state index contributed by atoms with van der Waals surface area (Å²) in [4.78, 5) is 12.1. The van der Waals surface area contributed by atoms with Crippen LogP contribution in [0.25, 0.3) is 0 Å². The molecule has 1 N–H and O–H groups in total. The molecule has 0 amide bonds. The van der Waals surface area contributed by atoms with Gasteiger partial charge in [0.05, 0.1) is 0 Å². The summed E-state index contributed by atoms with van der Waals surface area (Å²) in [5.74, 6) is 7.80. The van der Waals surface area contributed by atoms with Crippen LogP contribution in [0.1, 0.15) is 70.3 Å². The lowest BCUT2D eigenvalue weighted by Gasteiger charge is -2.53. The Labute approximate surface area is 174 Å². The first-order valence-corrected chi connectivity index (χ1v) is 11.1. The topological polar surface area (TPSA) is 37.3 Å². The molecule has 1 aromatic rings. The lowest BCUT2D eigenvalue weighted by molar-refractivity contribution is -0.114. The Hall–Kier alpha value is -2.11. The van der Waals surface area contributed by atoms with E-state index in [-0.39, 0.29) is 11.2 Å². The Kier molecular flexibility index (Phi) is 4.37. The minimum absolute atomic E-state index is 0.197. The van der Waals surface area contributed by atoms with Crippen molar-refractivity contribution in [2.24, 2.45) is 17.3 Å². The number of rotatable bonds is 1. The molecule has 4 aliphatic rings. The Bertz CT molecular complexity index is 973. The molecular weight excluding hydrogens is 356 g/mol. The van der Waals surface area contributed by atoms with Crippen molar-refractivity contribution in [1.29, 1.82) is 0 Å². The van der Waals surface area contributed by atoms with Crippen LogP contribution in [0, 0.1) is 29.1 Å². The molecule has 0 heterocycles. The minimum Gasteiger partial charge on any atom is -0.377 e. The van der Waals surface area contributed by atoms with Crippen molar-refractivity contribution in [1.82, 2.24) is 0 Å². The number of carbonyl (C=O) groups excluding carboxylic acids is 1. The zero-order valence-electron chi connectivity index (χ0n) is 17.5. The van der Waals surface area contributed by atoms with E-state index in [1.165, 1.54) is 16.7 Å². The van der Waals surface area contributed by atoms with Crippen LogP contribution in [0.15, 0.2) is 53.1 Å². The van der Waals surface area contributed by atoms with Crippen LogP contribution in [0.4, 0.5) is 0 Å². The van der Waals surface area contributed by atoms with Gasteiger partial charge in [-0.2, -0.15) is 0 Å². The monoisotopic (exact) mass is 386 g/mol. The molecule has 2 saturated carbocycles. The molecule has 5 unspecified atom stereocenters. The molecule has 5 atom stereocenters. The van der Waals surface area contributed by atoms with Gasteiger partial charge in [0.25, 0.3) is 0 Å². The second-order valence-corrected chi connectivity index (χ2v) is 9.68. The number of ketones is 1. The Balaban J connectivity index is 1.70. The highest BCUT2D eigenvalue weighted by atomic mass is 16.3. The van der Waals surface area contributed by atoms with Crippen molar-refractivity contribution in [2.75, 3.05) is 0 Å². The molecule has 29 heavy (non-hydrogen) atoms. The highest BCUT2D eigenvalue weighted by Gasteiger charge is 2.62. The maximum atomic E-state index is 12.1. The van der Waals surface area contributed by atoms with E-state index in [0.29, 0.717) is 24.2 Å². The highest BCUT2D eigenvalue weighted by Crippen LogP contribution is 2.66. The molecule has 150 valence electrons. The van der Waals surface area contributed by atoms with Crippen molar-refractivity contribution in [3.05, 3.63) is 58.7 Å². The molecule has 2 nitrogen and oxygen atoms in total. The van der Waals surface area contributed by atoms with E-state index in [1.807, 2.05) is 13.0 Å². The van der Waals surface area contributed by atoms with Crippen LogP contribution in [-0.2, 0) is 4.79 Å². The molecule has 0 bridgehead atoms. The van der Waals surface area contributed by atoms with Gasteiger partial charge in [0, 0.05) is 17.8 Å². The average Bonchev–Trinajstić information content (AvgIpc) is 2.98. The van der Waals surface area contributed by atoms with Gasteiger partial charge in [-0.25, -0.2) is 0 Å². The fraction of sp³-hybridized carbons (Fsp3) is 0.519. The van der Waals surface area contributed by atoms with E-state index in [2.05, 4.69) is 49.1 Å². The van der Waals surface area contributed by atoms with E-state index in [9.17, 15) is 9.90 Å². The maximum Gasteiger partial charge on any atom is 0.156 e. The van der Waals surface area contributed by atoms with Gasteiger partial charge in [0.1, 0.15) is 5.60 Å². The quantitative estimate of drug-likeness (QED) is 0.662. The van der Waals surface area contributed by atoms with E-state index in [0.717, 1.165) is 38.5 Å².